The van der Waals surface area contributed by atoms with Crippen molar-refractivity contribution in [1.82, 2.24) is 0 Å². The maximum Gasteiger partial charge on any atom is 0.0473 e. The van der Waals surface area contributed by atoms with E-state index in [0.29, 0.717) is 15.1 Å². The predicted molar refractivity (Wildman–Crippen MR) is 72.9 cm³/mol. The van der Waals surface area contributed by atoms with Crippen LogP contribution in [0, 0.1) is 0 Å². The molecule has 0 aliphatic carbocycles. The summed E-state index contributed by atoms with van der Waals surface area (Å²) in [5.41, 5.74) is 0.914. The Hall–Kier alpha value is 0.570. The average Bonchev–Trinajstić information content (AvgIpc) is 1.99. The largest absolute Gasteiger partial charge is 0.0928 e. The molecule has 0 heterocycles. The Bertz CT molecular complexity index is 338. The maximum atomic E-state index is 6.17. The normalized spacial score (nSPS) is 11.9. The van der Waals surface area contributed by atoms with Crippen molar-refractivity contribution in [3.63, 3.8) is 0 Å². The van der Waals surface area contributed by atoms with Crippen LogP contribution in [0.2, 0.25) is 15.1 Å². The lowest BCUT2D eigenvalue weighted by molar-refractivity contribution is 0.513. The Balaban J connectivity index is 3.24. The Kier molecular flexibility index (Phi) is 4.79. The fourth-order valence-corrected chi connectivity index (χ4v) is 3.87. The summed E-state index contributed by atoms with van der Waals surface area (Å²) in [6.45, 7) is 4.24. The highest BCUT2D eigenvalue weighted by Gasteiger charge is 2.25. The van der Waals surface area contributed by atoms with Crippen LogP contribution in [-0.2, 0) is 5.41 Å². The van der Waals surface area contributed by atoms with Crippen molar-refractivity contribution in [2.75, 3.05) is 5.33 Å². The molecule has 0 saturated carbocycles. The van der Waals surface area contributed by atoms with E-state index in [9.17, 15) is 0 Å². The first kappa shape index (κ1) is 13.6. The number of halogens is 4. The molecule has 1 aromatic carbocycles. The van der Waals surface area contributed by atoms with Crippen molar-refractivity contribution in [2.24, 2.45) is 0 Å². The summed E-state index contributed by atoms with van der Waals surface area (Å²) in [6, 6.07) is 3.47. The molecule has 15 heavy (non-hydrogen) atoms. The maximum absolute atomic E-state index is 6.17. The fourth-order valence-electron chi connectivity index (χ4n) is 1.55. The molecule has 0 saturated heterocycles. The molecule has 0 atom stereocenters. The molecule has 0 radical (unpaired) electrons. The molecular formula is C11H12BrCl3. The van der Waals surface area contributed by atoms with Crippen molar-refractivity contribution in [3.05, 3.63) is 32.8 Å². The van der Waals surface area contributed by atoms with Gasteiger partial charge in [-0.2, -0.15) is 0 Å². The number of benzene rings is 1. The fraction of sp³-hybridized carbons (Fsp3) is 0.455. The smallest absolute Gasteiger partial charge is 0.0473 e. The molecule has 84 valence electrons. The number of alkyl halides is 1. The van der Waals surface area contributed by atoms with Gasteiger partial charge in [0.1, 0.15) is 0 Å². The van der Waals surface area contributed by atoms with Crippen LogP contribution in [0.5, 0.6) is 0 Å². The molecule has 1 aromatic rings. The second-order valence-electron chi connectivity index (χ2n) is 4.07. The lowest BCUT2D eigenvalue weighted by Crippen LogP contribution is -2.18. The summed E-state index contributed by atoms with van der Waals surface area (Å²) >= 11 is 21.6. The predicted octanol–water partition coefficient (Wildman–Crippen LogP) is 5.71. The minimum absolute atomic E-state index is 0.0533. The molecule has 1 rings (SSSR count). The van der Waals surface area contributed by atoms with Crippen molar-refractivity contribution >= 4 is 50.7 Å². The van der Waals surface area contributed by atoms with Gasteiger partial charge < -0.3 is 0 Å². The highest BCUT2D eigenvalue weighted by molar-refractivity contribution is 9.09. The second kappa shape index (κ2) is 5.27. The molecule has 0 unspecified atom stereocenters. The SMILES string of the molecule is CC(C)(CCBr)c1c(Cl)cc(Cl)cc1Cl. The first-order chi connectivity index (χ1) is 6.88. The highest BCUT2D eigenvalue weighted by atomic mass is 79.9. The summed E-state index contributed by atoms with van der Waals surface area (Å²) < 4.78 is 0. The van der Waals surface area contributed by atoms with E-state index in [2.05, 4.69) is 29.8 Å². The lowest BCUT2D eigenvalue weighted by Gasteiger charge is -2.26. The van der Waals surface area contributed by atoms with Crippen molar-refractivity contribution in [3.8, 4) is 0 Å². The average molecular weight is 330 g/mol. The third kappa shape index (κ3) is 3.26. The van der Waals surface area contributed by atoms with Crippen molar-refractivity contribution in [1.29, 1.82) is 0 Å². The topological polar surface area (TPSA) is 0 Å². The zero-order valence-corrected chi connectivity index (χ0v) is 12.4. The molecule has 0 amide bonds. The number of rotatable bonds is 3. The molecule has 4 heteroatoms. The van der Waals surface area contributed by atoms with Gasteiger partial charge in [0.25, 0.3) is 0 Å². The number of hydrogen-bond acceptors (Lipinski definition) is 0. The minimum Gasteiger partial charge on any atom is -0.0928 e. The van der Waals surface area contributed by atoms with Gasteiger partial charge >= 0.3 is 0 Å². The quantitative estimate of drug-likeness (QED) is 0.623. The molecule has 0 aliphatic heterocycles. The zero-order chi connectivity index (χ0) is 11.6. The van der Waals surface area contributed by atoms with Gasteiger partial charge in [-0.25, -0.2) is 0 Å². The van der Waals surface area contributed by atoms with Gasteiger partial charge in [-0.15, -0.1) is 0 Å². The van der Waals surface area contributed by atoms with E-state index in [0.717, 1.165) is 17.3 Å². The summed E-state index contributed by atoms with van der Waals surface area (Å²) in [6.07, 6.45) is 0.966. The van der Waals surface area contributed by atoms with Gasteiger partial charge in [-0.1, -0.05) is 64.6 Å². The first-order valence-electron chi connectivity index (χ1n) is 4.59. The molecule has 0 aliphatic rings. The summed E-state index contributed by atoms with van der Waals surface area (Å²) in [5, 5.41) is 2.76. The Morgan fingerprint density at radius 2 is 1.60 bits per heavy atom. The third-order valence-corrected chi connectivity index (χ3v) is 3.61. The van der Waals surface area contributed by atoms with Gasteiger partial charge in [-0.3, -0.25) is 0 Å². The Morgan fingerprint density at radius 1 is 1.13 bits per heavy atom. The minimum atomic E-state index is -0.0533. The van der Waals surface area contributed by atoms with E-state index in [4.69, 9.17) is 34.8 Å². The van der Waals surface area contributed by atoms with Crippen LogP contribution in [0.1, 0.15) is 25.8 Å². The molecule has 0 N–H and O–H groups in total. The van der Waals surface area contributed by atoms with Crippen LogP contribution in [0.3, 0.4) is 0 Å². The van der Waals surface area contributed by atoms with Crippen LogP contribution in [0.25, 0.3) is 0 Å². The van der Waals surface area contributed by atoms with Crippen molar-refractivity contribution in [2.45, 2.75) is 25.7 Å². The standard InChI is InChI=1S/C11H12BrCl3/c1-11(2,3-4-12)10-8(14)5-7(13)6-9(10)15/h5-6H,3-4H2,1-2H3. The van der Waals surface area contributed by atoms with Crippen LogP contribution >= 0.6 is 50.7 Å². The van der Waals surface area contributed by atoms with Gasteiger partial charge in [0, 0.05) is 20.4 Å². The first-order valence-corrected chi connectivity index (χ1v) is 6.85. The molecule has 0 aromatic heterocycles. The Morgan fingerprint density at radius 3 is 2.00 bits per heavy atom. The highest BCUT2D eigenvalue weighted by Crippen LogP contribution is 2.39. The summed E-state index contributed by atoms with van der Waals surface area (Å²) in [7, 11) is 0. The van der Waals surface area contributed by atoms with Crippen LogP contribution in [-0.4, -0.2) is 5.33 Å². The van der Waals surface area contributed by atoms with Crippen molar-refractivity contribution < 1.29 is 0 Å². The van der Waals surface area contributed by atoms with Gasteiger partial charge in [0.2, 0.25) is 0 Å². The van der Waals surface area contributed by atoms with E-state index < -0.39 is 0 Å². The van der Waals surface area contributed by atoms with Gasteiger partial charge in [0.15, 0.2) is 0 Å². The van der Waals surface area contributed by atoms with E-state index in [1.54, 1.807) is 12.1 Å². The van der Waals surface area contributed by atoms with Gasteiger partial charge in [0.05, 0.1) is 0 Å². The molecule has 0 spiro atoms. The van der Waals surface area contributed by atoms with E-state index >= 15 is 0 Å². The van der Waals surface area contributed by atoms with Crippen LogP contribution in [0.4, 0.5) is 0 Å². The van der Waals surface area contributed by atoms with Crippen LogP contribution < -0.4 is 0 Å². The van der Waals surface area contributed by atoms with E-state index in [1.165, 1.54) is 0 Å². The molecular weight excluding hydrogens is 318 g/mol. The second-order valence-corrected chi connectivity index (χ2v) is 6.11. The summed E-state index contributed by atoms with van der Waals surface area (Å²) in [5.74, 6) is 0. The van der Waals surface area contributed by atoms with E-state index in [-0.39, 0.29) is 5.41 Å². The lowest BCUT2D eigenvalue weighted by atomic mass is 9.82. The third-order valence-electron chi connectivity index (χ3n) is 2.40. The van der Waals surface area contributed by atoms with Gasteiger partial charge in [-0.05, 0) is 29.5 Å². The molecule has 0 bridgehead atoms. The zero-order valence-electron chi connectivity index (χ0n) is 8.58. The molecule has 0 nitrogen and oxygen atoms in total. The summed E-state index contributed by atoms with van der Waals surface area (Å²) in [4.78, 5) is 0. The number of hydrogen-bond donors (Lipinski definition) is 0. The monoisotopic (exact) mass is 328 g/mol. The van der Waals surface area contributed by atoms with E-state index in [1.807, 2.05) is 0 Å². The molecule has 0 fully saturated rings. The van der Waals surface area contributed by atoms with Crippen LogP contribution in [0.15, 0.2) is 12.1 Å². The Labute approximate surface area is 114 Å².